The molecule has 0 aromatic carbocycles. The molecule has 122 valence electrons. The third kappa shape index (κ3) is 5.59. The number of rotatable bonds is 8. The van der Waals surface area contributed by atoms with Gasteiger partial charge >= 0.3 is 5.91 Å². The summed E-state index contributed by atoms with van der Waals surface area (Å²) in [5.41, 5.74) is 4.45. The van der Waals surface area contributed by atoms with Crippen molar-refractivity contribution in [3.05, 3.63) is 24.2 Å². The number of carbonyl (C=O) groups excluding carboxylic acids is 3. The van der Waals surface area contributed by atoms with Gasteiger partial charge in [0.05, 0.1) is 6.26 Å². The summed E-state index contributed by atoms with van der Waals surface area (Å²) in [5, 5.41) is 11.1. The van der Waals surface area contributed by atoms with E-state index in [1.165, 1.54) is 12.3 Å². The van der Waals surface area contributed by atoms with Gasteiger partial charge < -0.3 is 14.3 Å². The largest absolute Gasteiger partial charge is 0.550 e. The van der Waals surface area contributed by atoms with Crippen LogP contribution in [-0.2, 0) is 9.59 Å². The average molecular weight is 309 g/mol. The second-order valence-electron chi connectivity index (χ2n) is 5.23. The Morgan fingerprint density at radius 2 is 2.05 bits per heavy atom. The number of unbranched alkanes of at least 4 members (excludes halogenated alkanes) is 1. The third-order valence-electron chi connectivity index (χ3n) is 3.43. The zero-order chi connectivity index (χ0) is 16.5. The molecule has 1 heterocycles. The quantitative estimate of drug-likeness (QED) is 0.684. The lowest BCUT2D eigenvalue weighted by Gasteiger charge is -2.24. The summed E-state index contributed by atoms with van der Waals surface area (Å²) in [4.78, 5) is 34.4. The first kappa shape index (κ1) is 17.7. The number of hydrogen-bond acceptors (Lipinski definition) is 5. The predicted molar refractivity (Wildman–Crippen MR) is 76.1 cm³/mol. The van der Waals surface area contributed by atoms with Gasteiger partial charge in [-0.25, -0.2) is 0 Å². The van der Waals surface area contributed by atoms with E-state index in [1.807, 2.05) is 6.92 Å². The van der Waals surface area contributed by atoms with Crippen LogP contribution in [0, 0.1) is 11.8 Å². The highest BCUT2D eigenvalue weighted by Gasteiger charge is 2.21. The van der Waals surface area contributed by atoms with Crippen LogP contribution in [0.3, 0.4) is 0 Å². The molecule has 0 saturated carbocycles. The van der Waals surface area contributed by atoms with Crippen molar-refractivity contribution in [3.63, 3.8) is 0 Å². The molecule has 0 aliphatic carbocycles. The van der Waals surface area contributed by atoms with Gasteiger partial charge in [-0.15, -0.1) is 0 Å². The van der Waals surface area contributed by atoms with Gasteiger partial charge in [0.1, 0.15) is 0 Å². The summed E-state index contributed by atoms with van der Waals surface area (Å²) in [5.74, 6) is -3.16. The Bertz CT molecular complexity index is 498. The highest BCUT2D eigenvalue weighted by Crippen LogP contribution is 2.21. The van der Waals surface area contributed by atoms with Crippen LogP contribution >= 0.6 is 0 Å². The molecule has 1 rings (SSSR count). The Hall–Kier alpha value is -2.31. The predicted octanol–water partition coefficient (Wildman–Crippen LogP) is 0.623. The van der Waals surface area contributed by atoms with Gasteiger partial charge in [-0.3, -0.25) is 20.4 Å². The molecule has 0 saturated heterocycles. The molecule has 1 aromatic heterocycles. The van der Waals surface area contributed by atoms with Crippen LogP contribution < -0.4 is 16.0 Å². The maximum Gasteiger partial charge on any atom is 0.305 e. The van der Waals surface area contributed by atoms with Gasteiger partial charge in [0.15, 0.2) is 5.76 Å². The van der Waals surface area contributed by atoms with Crippen LogP contribution in [0.15, 0.2) is 22.8 Å². The Kier molecular flexibility index (Phi) is 7.15. The van der Waals surface area contributed by atoms with E-state index in [1.54, 1.807) is 13.0 Å². The van der Waals surface area contributed by atoms with E-state index in [0.29, 0.717) is 6.42 Å². The molecule has 7 nitrogen and oxygen atoms in total. The average Bonchev–Trinajstić information content (AvgIpc) is 2.99. The van der Waals surface area contributed by atoms with Crippen molar-refractivity contribution in [2.45, 2.75) is 39.5 Å². The fraction of sp³-hybridized carbons (Fsp3) is 0.533. The van der Waals surface area contributed by atoms with Gasteiger partial charge in [0.25, 0.3) is 0 Å². The normalized spacial score (nSPS) is 13.2. The standard InChI is InChI=1S/C15H22N2O5/c1-3-4-6-11(15(20)21)10(2)9-13(18)16-17-14(19)12-7-5-8-22-12/h5,7-8,10-11H,3-4,6,9H2,1-2H3,(H,16,18)(H,17,19)(H,20,21)/p-1/t10-,11-/m1/s1. The molecule has 0 radical (unpaired) electrons. The second kappa shape index (κ2) is 8.86. The van der Waals surface area contributed by atoms with Crippen LogP contribution in [0.25, 0.3) is 0 Å². The number of nitrogens with one attached hydrogen (secondary N) is 2. The van der Waals surface area contributed by atoms with E-state index in [-0.39, 0.29) is 18.1 Å². The van der Waals surface area contributed by atoms with Crippen molar-refractivity contribution < 1.29 is 23.9 Å². The molecule has 22 heavy (non-hydrogen) atoms. The summed E-state index contributed by atoms with van der Waals surface area (Å²) in [6.45, 7) is 3.65. The number of carboxylic acid groups (broad SMARTS) is 1. The number of furan rings is 1. The van der Waals surface area contributed by atoms with Crippen molar-refractivity contribution in [3.8, 4) is 0 Å². The van der Waals surface area contributed by atoms with Crippen LogP contribution in [0.5, 0.6) is 0 Å². The Balaban J connectivity index is 2.42. The summed E-state index contributed by atoms with van der Waals surface area (Å²) in [6.07, 6.45) is 3.45. The van der Waals surface area contributed by atoms with Crippen LogP contribution in [0.1, 0.15) is 50.1 Å². The molecule has 1 aromatic rings. The van der Waals surface area contributed by atoms with Crippen molar-refractivity contribution >= 4 is 17.8 Å². The second-order valence-corrected chi connectivity index (χ2v) is 5.23. The van der Waals surface area contributed by atoms with E-state index >= 15 is 0 Å². The van der Waals surface area contributed by atoms with Crippen LogP contribution in [0.4, 0.5) is 0 Å². The lowest BCUT2D eigenvalue weighted by atomic mass is 9.87. The Labute approximate surface area is 129 Å². The monoisotopic (exact) mass is 309 g/mol. The summed E-state index contributed by atoms with van der Waals surface area (Å²) >= 11 is 0. The first-order valence-corrected chi connectivity index (χ1v) is 7.29. The van der Waals surface area contributed by atoms with Gasteiger partial charge in [0.2, 0.25) is 5.91 Å². The van der Waals surface area contributed by atoms with Gasteiger partial charge in [-0.1, -0.05) is 26.7 Å². The van der Waals surface area contributed by atoms with E-state index in [9.17, 15) is 19.5 Å². The fourth-order valence-electron chi connectivity index (χ4n) is 2.14. The molecular formula is C15H21N2O5-. The third-order valence-corrected chi connectivity index (χ3v) is 3.43. The lowest BCUT2D eigenvalue weighted by molar-refractivity contribution is -0.313. The number of aliphatic carboxylic acids is 1. The van der Waals surface area contributed by atoms with Crippen molar-refractivity contribution in [1.29, 1.82) is 0 Å². The molecule has 0 spiro atoms. The van der Waals surface area contributed by atoms with E-state index < -0.39 is 23.7 Å². The first-order valence-electron chi connectivity index (χ1n) is 7.29. The molecule has 7 heteroatoms. The van der Waals surface area contributed by atoms with Gasteiger partial charge in [0, 0.05) is 18.3 Å². The zero-order valence-corrected chi connectivity index (χ0v) is 12.8. The zero-order valence-electron chi connectivity index (χ0n) is 12.8. The smallest absolute Gasteiger partial charge is 0.305 e. The highest BCUT2D eigenvalue weighted by molar-refractivity contribution is 5.92. The molecule has 0 bridgehead atoms. The molecule has 2 N–H and O–H groups in total. The summed E-state index contributed by atoms with van der Waals surface area (Å²) < 4.78 is 4.87. The number of hydrogen-bond donors (Lipinski definition) is 2. The molecule has 2 amide bonds. The molecule has 0 unspecified atom stereocenters. The molecule has 0 aliphatic rings. The fourth-order valence-corrected chi connectivity index (χ4v) is 2.14. The van der Waals surface area contributed by atoms with E-state index in [4.69, 9.17) is 4.42 Å². The Morgan fingerprint density at radius 3 is 2.59 bits per heavy atom. The minimum Gasteiger partial charge on any atom is -0.550 e. The minimum atomic E-state index is -1.15. The molecule has 0 aliphatic heterocycles. The van der Waals surface area contributed by atoms with Gasteiger partial charge in [-0.05, 0) is 24.5 Å². The number of hydrazine groups is 1. The molecular weight excluding hydrogens is 288 g/mol. The highest BCUT2D eigenvalue weighted by atomic mass is 16.4. The SMILES string of the molecule is CCCC[C@@H](C(=O)[O-])[C@H](C)CC(=O)NNC(=O)c1ccco1. The minimum absolute atomic E-state index is 0.0131. The maximum atomic E-state index is 11.8. The first-order chi connectivity index (χ1) is 10.5. The van der Waals surface area contributed by atoms with E-state index in [0.717, 1.165) is 12.8 Å². The Morgan fingerprint density at radius 1 is 1.32 bits per heavy atom. The van der Waals surface area contributed by atoms with Crippen LogP contribution in [-0.4, -0.2) is 17.8 Å². The van der Waals surface area contributed by atoms with Crippen LogP contribution in [0.2, 0.25) is 0 Å². The maximum absolute atomic E-state index is 11.8. The van der Waals surface area contributed by atoms with Crippen molar-refractivity contribution in [2.24, 2.45) is 11.8 Å². The van der Waals surface area contributed by atoms with Crippen molar-refractivity contribution in [1.82, 2.24) is 10.9 Å². The van der Waals surface area contributed by atoms with Gasteiger partial charge in [-0.2, -0.15) is 0 Å². The summed E-state index contributed by atoms with van der Waals surface area (Å²) in [6, 6.07) is 3.01. The van der Waals surface area contributed by atoms with E-state index in [2.05, 4.69) is 10.9 Å². The lowest BCUT2D eigenvalue weighted by Crippen LogP contribution is -2.43. The topological polar surface area (TPSA) is 111 Å². The van der Waals surface area contributed by atoms with Crippen molar-refractivity contribution in [2.75, 3.05) is 0 Å². The summed E-state index contributed by atoms with van der Waals surface area (Å²) in [7, 11) is 0. The molecule has 2 atom stereocenters. The number of carboxylic acids is 1. The number of carbonyl (C=O) groups is 3. The molecule has 0 fully saturated rings. The number of amides is 2.